The molecule has 0 spiro atoms. The number of benzene rings is 2. The molecule has 0 aliphatic heterocycles. The number of carbonyl (C=O) groups is 2. The van der Waals surface area contributed by atoms with Crippen LogP contribution in [0.2, 0.25) is 0 Å². The molecule has 2 rings (SSSR count). The topological polar surface area (TPSA) is 81.4 Å². The average Bonchev–Trinajstić information content (AvgIpc) is 2.52. The van der Waals surface area contributed by atoms with Gasteiger partial charge in [0, 0.05) is 12.1 Å². The van der Waals surface area contributed by atoms with Crippen LogP contribution in [0.25, 0.3) is 0 Å². The number of nitrogens with one attached hydrogen (secondary N) is 1. The first kappa shape index (κ1) is 15.6. The molecular formula is C17H18N2O3. The van der Waals surface area contributed by atoms with Crippen LogP contribution >= 0.6 is 0 Å². The maximum atomic E-state index is 11.7. The van der Waals surface area contributed by atoms with Crippen LogP contribution in [-0.2, 0) is 11.3 Å². The fraction of sp³-hybridized carbons (Fsp3) is 0.176. The van der Waals surface area contributed by atoms with Crippen LogP contribution in [0.3, 0.4) is 0 Å². The third-order valence-corrected chi connectivity index (χ3v) is 3.11. The van der Waals surface area contributed by atoms with Gasteiger partial charge in [0.1, 0.15) is 5.75 Å². The lowest BCUT2D eigenvalue weighted by atomic mass is 10.1. The van der Waals surface area contributed by atoms with Crippen LogP contribution in [0.5, 0.6) is 5.75 Å². The van der Waals surface area contributed by atoms with Crippen molar-refractivity contribution in [3.8, 4) is 5.75 Å². The van der Waals surface area contributed by atoms with Gasteiger partial charge < -0.3 is 15.8 Å². The van der Waals surface area contributed by atoms with E-state index in [0.29, 0.717) is 23.5 Å². The van der Waals surface area contributed by atoms with Crippen LogP contribution in [0.4, 0.5) is 5.69 Å². The van der Waals surface area contributed by atoms with Gasteiger partial charge in [0.2, 0.25) is 0 Å². The zero-order valence-electron chi connectivity index (χ0n) is 12.3. The molecule has 2 aromatic rings. The lowest BCUT2D eigenvalue weighted by Crippen LogP contribution is -2.28. The summed E-state index contributed by atoms with van der Waals surface area (Å²) in [6.07, 6.45) is 0. The smallest absolute Gasteiger partial charge is 0.258 e. The minimum atomic E-state index is -0.237. The molecule has 0 bridgehead atoms. The molecule has 0 aliphatic carbocycles. The molecule has 0 heterocycles. The zero-order chi connectivity index (χ0) is 15.9. The number of amides is 1. The number of anilines is 1. The number of nitrogens with two attached hydrogens (primary N) is 1. The number of hydrogen-bond acceptors (Lipinski definition) is 4. The Hall–Kier alpha value is -2.82. The third kappa shape index (κ3) is 4.34. The van der Waals surface area contributed by atoms with Crippen LogP contribution in [0.1, 0.15) is 22.8 Å². The highest BCUT2D eigenvalue weighted by Crippen LogP contribution is 2.22. The number of Topliss-reactive ketones (excluding diaryl/α,β-unsaturated/α-hetero) is 1. The van der Waals surface area contributed by atoms with Crippen molar-refractivity contribution in [2.45, 2.75) is 13.5 Å². The van der Waals surface area contributed by atoms with Gasteiger partial charge in [-0.15, -0.1) is 0 Å². The van der Waals surface area contributed by atoms with Crippen LogP contribution < -0.4 is 15.8 Å². The largest absolute Gasteiger partial charge is 0.482 e. The van der Waals surface area contributed by atoms with E-state index in [4.69, 9.17) is 10.5 Å². The van der Waals surface area contributed by atoms with Gasteiger partial charge in [-0.3, -0.25) is 9.59 Å². The predicted octanol–water partition coefficient (Wildman–Crippen LogP) is 2.17. The molecular weight excluding hydrogens is 280 g/mol. The molecule has 5 nitrogen and oxygen atoms in total. The summed E-state index contributed by atoms with van der Waals surface area (Å²) in [7, 11) is 0. The van der Waals surface area contributed by atoms with Gasteiger partial charge in [-0.1, -0.05) is 30.3 Å². The number of nitrogen functional groups attached to an aromatic ring is 1. The molecule has 3 N–H and O–H groups in total. The summed E-state index contributed by atoms with van der Waals surface area (Å²) in [5.41, 5.74) is 7.67. The Balaban J connectivity index is 1.85. The molecule has 0 aromatic heterocycles. The number of ether oxygens (including phenoxy) is 1. The predicted molar refractivity (Wildman–Crippen MR) is 84.6 cm³/mol. The van der Waals surface area contributed by atoms with Crippen molar-refractivity contribution in [1.29, 1.82) is 0 Å². The highest BCUT2D eigenvalue weighted by atomic mass is 16.5. The molecule has 0 saturated carbocycles. The summed E-state index contributed by atoms with van der Waals surface area (Å²) in [6.45, 7) is 1.78. The van der Waals surface area contributed by atoms with Crippen LogP contribution in [0.15, 0.2) is 48.5 Å². The van der Waals surface area contributed by atoms with Crippen LogP contribution in [-0.4, -0.2) is 18.3 Å². The average molecular weight is 298 g/mol. The Labute approximate surface area is 129 Å². The molecule has 2 aromatic carbocycles. The molecule has 5 heteroatoms. The van der Waals surface area contributed by atoms with E-state index in [0.717, 1.165) is 5.56 Å². The summed E-state index contributed by atoms with van der Waals surface area (Å²) in [5.74, 6) is 0.0811. The standard InChI is InChI=1S/C17H18N2O3/c1-12(20)14-7-8-16(15(18)9-14)22-11-17(21)19-10-13-5-3-2-4-6-13/h2-9H,10-11,18H2,1H3,(H,19,21). The van der Waals surface area contributed by atoms with Crippen molar-refractivity contribution < 1.29 is 14.3 Å². The van der Waals surface area contributed by atoms with E-state index in [1.807, 2.05) is 30.3 Å². The number of hydrogen-bond donors (Lipinski definition) is 2. The number of ketones is 1. The summed E-state index contributed by atoms with van der Waals surface area (Å²) in [6, 6.07) is 14.4. The Bertz CT molecular complexity index is 669. The van der Waals surface area contributed by atoms with Crippen molar-refractivity contribution in [2.75, 3.05) is 12.3 Å². The van der Waals surface area contributed by atoms with Gasteiger partial charge in [-0.25, -0.2) is 0 Å². The molecule has 114 valence electrons. The number of carbonyl (C=O) groups excluding carboxylic acids is 2. The fourth-order valence-corrected chi connectivity index (χ4v) is 1.89. The van der Waals surface area contributed by atoms with Gasteiger partial charge in [0.25, 0.3) is 5.91 Å². The van der Waals surface area contributed by atoms with Gasteiger partial charge in [-0.2, -0.15) is 0 Å². The molecule has 0 radical (unpaired) electrons. The lowest BCUT2D eigenvalue weighted by molar-refractivity contribution is -0.123. The Morgan fingerprint density at radius 2 is 1.86 bits per heavy atom. The van der Waals surface area contributed by atoms with Gasteiger partial charge >= 0.3 is 0 Å². The quantitative estimate of drug-likeness (QED) is 0.632. The molecule has 0 atom stereocenters. The minimum absolute atomic E-state index is 0.0705. The van der Waals surface area contributed by atoms with Crippen molar-refractivity contribution >= 4 is 17.4 Å². The number of rotatable bonds is 6. The first-order chi connectivity index (χ1) is 10.6. The maximum absolute atomic E-state index is 11.7. The Morgan fingerprint density at radius 3 is 2.50 bits per heavy atom. The van der Waals surface area contributed by atoms with Crippen molar-refractivity contribution in [2.24, 2.45) is 0 Å². The molecule has 0 fully saturated rings. The summed E-state index contributed by atoms with van der Waals surface area (Å²) < 4.78 is 5.37. The fourth-order valence-electron chi connectivity index (χ4n) is 1.89. The van der Waals surface area contributed by atoms with Crippen molar-refractivity contribution in [1.82, 2.24) is 5.32 Å². The molecule has 0 aliphatic rings. The first-order valence-electron chi connectivity index (χ1n) is 6.90. The third-order valence-electron chi connectivity index (χ3n) is 3.11. The molecule has 0 unspecified atom stereocenters. The second kappa shape index (κ2) is 7.26. The highest BCUT2D eigenvalue weighted by molar-refractivity contribution is 5.95. The second-order valence-electron chi connectivity index (χ2n) is 4.86. The van der Waals surface area contributed by atoms with E-state index in [-0.39, 0.29) is 18.3 Å². The zero-order valence-corrected chi connectivity index (χ0v) is 12.3. The van der Waals surface area contributed by atoms with E-state index in [2.05, 4.69) is 5.32 Å². The Morgan fingerprint density at radius 1 is 1.14 bits per heavy atom. The monoisotopic (exact) mass is 298 g/mol. The van der Waals surface area contributed by atoms with E-state index >= 15 is 0 Å². The van der Waals surface area contributed by atoms with E-state index in [1.165, 1.54) is 6.92 Å². The van der Waals surface area contributed by atoms with E-state index in [9.17, 15) is 9.59 Å². The first-order valence-corrected chi connectivity index (χ1v) is 6.90. The summed E-state index contributed by atoms with van der Waals surface area (Å²) >= 11 is 0. The Kier molecular flexibility index (Phi) is 5.14. The van der Waals surface area contributed by atoms with E-state index in [1.54, 1.807) is 18.2 Å². The molecule has 0 saturated heterocycles. The SMILES string of the molecule is CC(=O)c1ccc(OCC(=O)NCc2ccccc2)c(N)c1. The van der Waals surface area contributed by atoms with Gasteiger partial charge in [0.05, 0.1) is 5.69 Å². The molecule has 22 heavy (non-hydrogen) atoms. The summed E-state index contributed by atoms with van der Waals surface area (Å²) in [4.78, 5) is 23.0. The summed E-state index contributed by atoms with van der Waals surface area (Å²) in [5, 5.41) is 2.76. The highest BCUT2D eigenvalue weighted by Gasteiger charge is 2.07. The second-order valence-corrected chi connectivity index (χ2v) is 4.86. The maximum Gasteiger partial charge on any atom is 0.258 e. The lowest BCUT2D eigenvalue weighted by Gasteiger charge is -2.10. The molecule has 1 amide bonds. The van der Waals surface area contributed by atoms with Gasteiger partial charge in [-0.05, 0) is 30.7 Å². The van der Waals surface area contributed by atoms with Crippen LogP contribution in [0, 0.1) is 0 Å². The minimum Gasteiger partial charge on any atom is -0.482 e. The van der Waals surface area contributed by atoms with Crippen molar-refractivity contribution in [3.63, 3.8) is 0 Å². The van der Waals surface area contributed by atoms with Gasteiger partial charge in [0.15, 0.2) is 12.4 Å². The van der Waals surface area contributed by atoms with E-state index < -0.39 is 0 Å². The normalized spacial score (nSPS) is 10.0. The van der Waals surface area contributed by atoms with Crippen molar-refractivity contribution in [3.05, 3.63) is 59.7 Å².